The summed E-state index contributed by atoms with van der Waals surface area (Å²) in [5.41, 5.74) is 21.0. The molecule has 0 unspecified atom stereocenters. The summed E-state index contributed by atoms with van der Waals surface area (Å²) in [6.45, 7) is 27.2. The lowest BCUT2D eigenvalue weighted by atomic mass is 9.85. The molecular formula is C86H70N8. The van der Waals surface area contributed by atoms with Crippen molar-refractivity contribution in [1.29, 1.82) is 21.0 Å². The van der Waals surface area contributed by atoms with E-state index in [1.165, 1.54) is 43.8 Å². The zero-order valence-electron chi connectivity index (χ0n) is 55.2. The number of nitriles is 4. The molecule has 94 heavy (non-hydrogen) atoms. The molecule has 8 heteroatoms. The normalized spacial score (nSPS) is 12.4. The van der Waals surface area contributed by atoms with Crippen molar-refractivity contribution >= 4 is 87.2 Å². The molecule has 0 atom stereocenters. The molecule has 0 spiro atoms. The van der Waals surface area contributed by atoms with E-state index in [2.05, 4.69) is 295 Å². The van der Waals surface area contributed by atoms with Crippen molar-refractivity contribution in [2.75, 3.05) is 0 Å². The van der Waals surface area contributed by atoms with Gasteiger partial charge in [0.2, 0.25) is 0 Å². The molecule has 15 rings (SSSR count). The molecule has 0 radical (unpaired) electrons. The Labute approximate surface area is 548 Å². The van der Waals surface area contributed by atoms with E-state index in [1.54, 1.807) is 24.3 Å². The van der Waals surface area contributed by atoms with Crippen molar-refractivity contribution in [2.24, 2.45) is 0 Å². The van der Waals surface area contributed by atoms with Crippen LogP contribution in [0.15, 0.2) is 206 Å². The number of aromatic nitrogens is 4. The van der Waals surface area contributed by atoms with Gasteiger partial charge in [-0.25, -0.2) is 0 Å². The second-order valence-corrected chi connectivity index (χ2v) is 29.5. The van der Waals surface area contributed by atoms with E-state index in [-0.39, 0.29) is 21.7 Å². The van der Waals surface area contributed by atoms with Crippen LogP contribution in [0.1, 0.15) is 128 Å². The number of nitrogens with zero attached hydrogens (tertiary/aromatic N) is 8. The van der Waals surface area contributed by atoms with Crippen LogP contribution in [0.25, 0.3) is 132 Å². The fourth-order valence-corrected chi connectivity index (χ4v) is 14.6. The lowest BCUT2D eigenvalue weighted by molar-refractivity contribution is 0.590. The minimum Gasteiger partial charge on any atom is -0.309 e. The van der Waals surface area contributed by atoms with Gasteiger partial charge in [-0.05, 0) is 177 Å². The summed E-state index contributed by atoms with van der Waals surface area (Å²) in [7, 11) is 0. The van der Waals surface area contributed by atoms with Crippen LogP contribution in [0, 0.1) is 45.3 Å². The van der Waals surface area contributed by atoms with Crippen LogP contribution in [0.4, 0.5) is 0 Å². The average Bonchev–Trinajstić information content (AvgIpc) is 1.50. The second kappa shape index (κ2) is 21.1. The van der Waals surface area contributed by atoms with Gasteiger partial charge in [0.05, 0.1) is 90.7 Å². The third-order valence-electron chi connectivity index (χ3n) is 19.5. The van der Waals surface area contributed by atoms with Crippen molar-refractivity contribution in [3.8, 4) is 69.3 Å². The number of rotatable bonds is 6. The van der Waals surface area contributed by atoms with Crippen LogP contribution in [-0.2, 0) is 21.7 Å². The lowest BCUT2D eigenvalue weighted by Crippen LogP contribution is -2.10. The first-order chi connectivity index (χ1) is 45.0. The van der Waals surface area contributed by atoms with Gasteiger partial charge < -0.3 is 18.3 Å². The minimum atomic E-state index is -0.0505. The highest BCUT2D eigenvalue weighted by molar-refractivity contribution is 6.33. The van der Waals surface area contributed by atoms with Gasteiger partial charge in [0.15, 0.2) is 0 Å². The van der Waals surface area contributed by atoms with Gasteiger partial charge in [-0.3, -0.25) is 0 Å². The highest BCUT2D eigenvalue weighted by Gasteiger charge is 2.32. The van der Waals surface area contributed by atoms with Crippen molar-refractivity contribution in [3.63, 3.8) is 0 Å². The quantitative estimate of drug-likeness (QED) is 0.165. The molecule has 0 saturated heterocycles. The molecule has 0 aliphatic heterocycles. The molecule has 11 aromatic carbocycles. The molecule has 0 bridgehead atoms. The average molecular weight is 1220 g/mol. The Morgan fingerprint density at radius 1 is 0.266 bits per heavy atom. The molecule has 4 aromatic heterocycles. The highest BCUT2D eigenvalue weighted by Crippen LogP contribution is 2.54. The minimum absolute atomic E-state index is 0.0505. The molecule has 4 heterocycles. The van der Waals surface area contributed by atoms with E-state index in [1.807, 2.05) is 12.1 Å². The van der Waals surface area contributed by atoms with E-state index in [0.717, 1.165) is 99.6 Å². The Hall–Kier alpha value is -11.4. The van der Waals surface area contributed by atoms with E-state index < -0.39 is 0 Å². The summed E-state index contributed by atoms with van der Waals surface area (Å²) in [4.78, 5) is 0. The third kappa shape index (κ3) is 9.12. The van der Waals surface area contributed by atoms with E-state index in [4.69, 9.17) is 0 Å². The number of benzene rings is 11. The molecule has 0 saturated carbocycles. The van der Waals surface area contributed by atoms with E-state index in [0.29, 0.717) is 33.4 Å². The van der Waals surface area contributed by atoms with Crippen molar-refractivity contribution in [2.45, 2.75) is 105 Å². The van der Waals surface area contributed by atoms with E-state index >= 15 is 0 Å². The summed E-state index contributed by atoms with van der Waals surface area (Å²) in [5, 5.41) is 52.0. The molecular weight excluding hydrogens is 1150 g/mol. The van der Waals surface area contributed by atoms with Crippen LogP contribution < -0.4 is 0 Å². The molecule has 0 fully saturated rings. The number of fused-ring (bicyclic) bond motifs is 12. The standard InChI is InChI=1S/C86H70N8/c1-83(2,3)55-23-37-73-67(43-55)68-44-56(84(4,5)6)24-38-74(68)91(73)59-27-31-61(32-28-59)93-71-19-15-13-17-65(71)79-78(64-36-22-52(48-88)42-54(64)50-90)82-80(77(81(79)93)63-35-21-51(47-87)41-53(63)49-89)66-18-14-16-20-72(66)94(82)62-33-29-60(30-34-62)92-75-39-25-57(85(7,8)9)45-69(75)70-46-58(86(10,11)12)26-40-76(70)92/h13-46H,1-12H3. The fraction of sp³-hybridized carbons (Fsp3) is 0.186. The second-order valence-electron chi connectivity index (χ2n) is 29.5. The van der Waals surface area contributed by atoms with Gasteiger partial charge in [0.1, 0.15) is 0 Å². The SMILES string of the molecule is CC(C)(C)c1ccc2c(c1)c1cc(C(C)(C)C)ccc1n2-c1ccc(-n2c3ccccc3c3c(-c4ccc(C#N)cc4C#N)c4c(c(-c5ccc(C#N)cc5C#N)c32)c2ccccc2n4-c2ccc(-n3c4ccc(C(C)(C)C)cc4c4cc(C(C)(C)C)ccc43)cc2)cc1. The zero-order chi connectivity index (χ0) is 65.7. The smallest absolute Gasteiger partial charge is 0.0998 e. The summed E-state index contributed by atoms with van der Waals surface area (Å²) in [6, 6.07) is 82.7. The Kier molecular flexibility index (Phi) is 13.2. The molecule has 8 nitrogen and oxygen atoms in total. The Morgan fingerprint density at radius 3 is 0.819 bits per heavy atom. The van der Waals surface area contributed by atoms with Crippen LogP contribution in [0.2, 0.25) is 0 Å². The van der Waals surface area contributed by atoms with Gasteiger partial charge >= 0.3 is 0 Å². The van der Waals surface area contributed by atoms with E-state index in [9.17, 15) is 21.0 Å². The zero-order valence-corrected chi connectivity index (χ0v) is 55.2. The predicted octanol–water partition coefficient (Wildman–Crippen LogP) is 22.1. The highest BCUT2D eigenvalue weighted by atomic mass is 15.0. The third-order valence-corrected chi connectivity index (χ3v) is 19.5. The number of para-hydroxylation sites is 2. The Morgan fingerprint density at radius 2 is 0.543 bits per heavy atom. The largest absolute Gasteiger partial charge is 0.309 e. The predicted molar refractivity (Wildman–Crippen MR) is 388 cm³/mol. The van der Waals surface area contributed by atoms with Crippen molar-refractivity contribution in [1.82, 2.24) is 18.3 Å². The summed E-state index contributed by atoms with van der Waals surface area (Å²) >= 11 is 0. The van der Waals surface area contributed by atoms with Gasteiger partial charge in [0.25, 0.3) is 0 Å². The maximum atomic E-state index is 11.4. The van der Waals surface area contributed by atoms with Gasteiger partial charge in [-0.2, -0.15) is 21.0 Å². The molecule has 0 N–H and O–H groups in total. The summed E-state index contributed by atoms with van der Waals surface area (Å²) < 4.78 is 9.40. The maximum absolute atomic E-state index is 11.4. The van der Waals surface area contributed by atoms with Crippen LogP contribution in [-0.4, -0.2) is 18.3 Å². The molecule has 15 aromatic rings. The fourth-order valence-electron chi connectivity index (χ4n) is 14.6. The van der Waals surface area contributed by atoms with Crippen LogP contribution in [0.5, 0.6) is 0 Å². The summed E-state index contributed by atoms with van der Waals surface area (Å²) in [6.07, 6.45) is 0. The van der Waals surface area contributed by atoms with Crippen molar-refractivity contribution < 1.29 is 0 Å². The molecule has 0 aliphatic carbocycles. The maximum Gasteiger partial charge on any atom is 0.0998 e. The van der Waals surface area contributed by atoms with Gasteiger partial charge in [0, 0.05) is 88.1 Å². The Bertz CT molecular complexity index is 5410. The molecule has 0 aliphatic rings. The summed E-state index contributed by atoms with van der Waals surface area (Å²) in [5.74, 6) is 0. The van der Waals surface area contributed by atoms with Crippen LogP contribution >= 0.6 is 0 Å². The lowest BCUT2D eigenvalue weighted by Gasteiger charge is -2.20. The number of hydrogen-bond donors (Lipinski definition) is 0. The monoisotopic (exact) mass is 1210 g/mol. The first-order valence-corrected chi connectivity index (χ1v) is 32.3. The van der Waals surface area contributed by atoms with Gasteiger partial charge in [-0.15, -0.1) is 0 Å². The molecule has 0 amide bonds. The van der Waals surface area contributed by atoms with Crippen LogP contribution in [0.3, 0.4) is 0 Å². The first kappa shape index (κ1) is 58.9. The first-order valence-electron chi connectivity index (χ1n) is 32.3. The molecule has 454 valence electrons. The topological polar surface area (TPSA) is 115 Å². The van der Waals surface area contributed by atoms with Crippen molar-refractivity contribution in [3.05, 3.63) is 251 Å². The van der Waals surface area contributed by atoms with Gasteiger partial charge in [-0.1, -0.05) is 156 Å². The number of hydrogen-bond acceptors (Lipinski definition) is 4. The Balaban J connectivity index is 1.05.